The molecule has 0 fully saturated rings. The molecule has 0 atom stereocenters. The molecular weight excluding hydrogens is 340 g/mol. The number of methoxy groups -OCH3 is 1. The van der Waals surface area contributed by atoms with Crippen molar-refractivity contribution in [2.75, 3.05) is 32.1 Å². The molecule has 1 heterocycles. The summed E-state index contributed by atoms with van der Waals surface area (Å²) in [5, 5.41) is 6.57. The molecule has 0 aliphatic carbocycles. The van der Waals surface area contributed by atoms with E-state index in [0.717, 1.165) is 48.7 Å². The number of nitrogens with one attached hydrogen (secondary N) is 2. The highest BCUT2D eigenvalue weighted by Crippen LogP contribution is 2.19. The summed E-state index contributed by atoms with van der Waals surface area (Å²) < 4.78 is 4.60. The molecule has 27 heavy (non-hydrogen) atoms. The zero-order chi connectivity index (χ0) is 19.9. The van der Waals surface area contributed by atoms with Crippen LogP contribution in [-0.4, -0.2) is 42.7 Å². The van der Waals surface area contributed by atoms with Crippen LogP contribution in [-0.2, 0) is 9.53 Å². The summed E-state index contributed by atoms with van der Waals surface area (Å²) >= 11 is 0. The molecule has 0 radical (unpaired) electrons. The third kappa shape index (κ3) is 8.46. The van der Waals surface area contributed by atoms with Crippen LogP contribution in [0, 0.1) is 0 Å². The number of carbonyl (C=O) groups excluding carboxylic acids is 1. The molecule has 0 spiro atoms. The molecule has 1 aromatic carbocycles. The number of carbonyl (C=O) groups is 1. The summed E-state index contributed by atoms with van der Waals surface area (Å²) in [5.41, 5.74) is 2.62. The van der Waals surface area contributed by atoms with Gasteiger partial charge in [0, 0.05) is 18.2 Å². The van der Waals surface area contributed by atoms with Gasteiger partial charge in [-0.05, 0) is 37.2 Å². The van der Waals surface area contributed by atoms with Gasteiger partial charge < -0.3 is 15.4 Å². The van der Waals surface area contributed by atoms with Crippen LogP contribution in [0.3, 0.4) is 0 Å². The van der Waals surface area contributed by atoms with Crippen molar-refractivity contribution in [3.8, 4) is 11.3 Å². The van der Waals surface area contributed by atoms with E-state index in [4.69, 9.17) is 0 Å². The van der Waals surface area contributed by atoms with Crippen molar-refractivity contribution in [3.05, 3.63) is 48.3 Å². The third-order valence-corrected chi connectivity index (χ3v) is 3.52. The number of rotatable bonds is 9. The van der Waals surface area contributed by atoms with Gasteiger partial charge in [-0.15, -0.1) is 0 Å². The minimum Gasteiger partial charge on any atom is -0.466 e. The fourth-order valence-electron chi connectivity index (χ4n) is 2.23. The number of ether oxygens (including phenoxy) is 1. The molecule has 1 aromatic heterocycles. The Bertz CT molecular complexity index is 717. The number of benzene rings is 1. The maximum absolute atomic E-state index is 11.2. The fraction of sp³-hybridized carbons (Fsp3) is 0.381. The van der Waals surface area contributed by atoms with Crippen molar-refractivity contribution in [1.29, 1.82) is 0 Å². The molecule has 0 unspecified atom stereocenters. The first kappa shape index (κ1) is 22.3. The Balaban J connectivity index is 0.00000176. The lowest BCUT2D eigenvalue weighted by molar-refractivity contribution is -0.134. The Kier molecular flexibility index (Phi) is 11.1. The highest BCUT2D eigenvalue weighted by Gasteiger charge is 2.03. The van der Waals surface area contributed by atoms with Crippen LogP contribution < -0.4 is 10.6 Å². The Hall–Kier alpha value is -2.73. The van der Waals surface area contributed by atoms with E-state index in [1.165, 1.54) is 13.2 Å². The van der Waals surface area contributed by atoms with Gasteiger partial charge in [-0.2, -0.15) is 0 Å². The number of nitrogens with zero attached hydrogens (tertiary/aromatic N) is 2. The van der Waals surface area contributed by atoms with Crippen LogP contribution in [0.15, 0.2) is 42.7 Å². The number of anilines is 1. The van der Waals surface area contributed by atoms with Gasteiger partial charge in [-0.25, -0.2) is 9.78 Å². The smallest absolute Gasteiger partial charge is 0.330 e. The zero-order valence-electron chi connectivity index (χ0n) is 16.7. The van der Waals surface area contributed by atoms with Crippen molar-refractivity contribution in [2.24, 2.45) is 0 Å². The normalized spacial score (nSPS) is 10.2. The minimum absolute atomic E-state index is 0.381. The number of aromatic nitrogens is 2. The van der Waals surface area contributed by atoms with Crippen molar-refractivity contribution in [3.63, 3.8) is 0 Å². The summed E-state index contributed by atoms with van der Waals surface area (Å²) in [6, 6.07) is 7.76. The maximum atomic E-state index is 11.2. The van der Waals surface area contributed by atoms with Crippen molar-refractivity contribution in [2.45, 2.75) is 27.2 Å². The molecule has 2 N–H and O–H groups in total. The molecule has 6 nitrogen and oxygen atoms in total. The fourth-order valence-corrected chi connectivity index (χ4v) is 2.23. The van der Waals surface area contributed by atoms with Crippen LogP contribution in [0.4, 0.5) is 5.82 Å². The average Bonchev–Trinajstić information content (AvgIpc) is 2.73. The number of hydrogen-bond acceptors (Lipinski definition) is 6. The van der Waals surface area contributed by atoms with E-state index < -0.39 is 0 Å². The van der Waals surface area contributed by atoms with E-state index in [9.17, 15) is 4.79 Å². The molecule has 6 heteroatoms. The summed E-state index contributed by atoms with van der Waals surface area (Å²) in [4.78, 5) is 20.1. The first-order chi connectivity index (χ1) is 13.2. The maximum Gasteiger partial charge on any atom is 0.330 e. The minimum atomic E-state index is -0.381. The molecule has 2 rings (SSSR count). The predicted octanol–water partition coefficient (Wildman–Crippen LogP) is 3.77. The van der Waals surface area contributed by atoms with Gasteiger partial charge in [0.1, 0.15) is 5.82 Å². The van der Waals surface area contributed by atoms with Crippen LogP contribution in [0.5, 0.6) is 0 Å². The Morgan fingerprint density at radius 2 is 2.04 bits per heavy atom. The van der Waals surface area contributed by atoms with E-state index in [-0.39, 0.29) is 5.97 Å². The quantitative estimate of drug-likeness (QED) is 0.398. The topological polar surface area (TPSA) is 76.1 Å². The third-order valence-electron chi connectivity index (χ3n) is 3.52. The molecule has 0 aliphatic heterocycles. The highest BCUT2D eigenvalue weighted by molar-refractivity contribution is 5.87. The summed E-state index contributed by atoms with van der Waals surface area (Å²) in [5.74, 6) is 0.374. The zero-order valence-corrected chi connectivity index (χ0v) is 16.7. The van der Waals surface area contributed by atoms with Crippen LogP contribution >= 0.6 is 0 Å². The van der Waals surface area contributed by atoms with E-state index in [1.807, 2.05) is 38.1 Å². The van der Waals surface area contributed by atoms with E-state index in [2.05, 4.69) is 32.3 Å². The van der Waals surface area contributed by atoms with Gasteiger partial charge in [-0.3, -0.25) is 4.98 Å². The van der Waals surface area contributed by atoms with Crippen molar-refractivity contribution >= 4 is 17.9 Å². The molecule has 0 bridgehead atoms. The summed E-state index contributed by atoms with van der Waals surface area (Å²) in [6.45, 7) is 8.89. The van der Waals surface area contributed by atoms with Crippen molar-refractivity contribution in [1.82, 2.24) is 15.3 Å². The molecule has 0 aliphatic rings. The largest absolute Gasteiger partial charge is 0.466 e. The van der Waals surface area contributed by atoms with Crippen LogP contribution in [0.25, 0.3) is 17.3 Å². The lowest BCUT2D eigenvalue weighted by atomic mass is 10.1. The standard InChI is InChI=1S/C19H24N4O2.C2H6/c1-3-20-10-5-11-22-18-14-21-13-17(23-18)16-7-4-6-15(12-16)8-9-19(24)25-2;1-2/h4,6-9,12-14,20H,3,5,10-11H2,1-2H3,(H,22,23);1-2H3/b9-8+;. The first-order valence-electron chi connectivity index (χ1n) is 9.36. The Morgan fingerprint density at radius 3 is 2.78 bits per heavy atom. The average molecular weight is 370 g/mol. The Labute approximate surface area is 162 Å². The summed E-state index contributed by atoms with van der Waals surface area (Å²) in [6.07, 6.45) is 7.58. The van der Waals surface area contributed by atoms with Crippen LogP contribution in [0.1, 0.15) is 32.8 Å². The van der Waals surface area contributed by atoms with Crippen LogP contribution in [0.2, 0.25) is 0 Å². The van der Waals surface area contributed by atoms with Crippen molar-refractivity contribution < 1.29 is 9.53 Å². The number of esters is 1. The van der Waals surface area contributed by atoms with Gasteiger partial charge in [0.05, 0.1) is 25.2 Å². The molecule has 0 amide bonds. The van der Waals surface area contributed by atoms with Gasteiger partial charge in [0.25, 0.3) is 0 Å². The van der Waals surface area contributed by atoms with Gasteiger partial charge in [-0.1, -0.05) is 39.0 Å². The lowest BCUT2D eigenvalue weighted by Gasteiger charge is -2.08. The second-order valence-corrected chi connectivity index (χ2v) is 5.41. The first-order valence-corrected chi connectivity index (χ1v) is 9.36. The number of hydrogen-bond donors (Lipinski definition) is 2. The molecule has 146 valence electrons. The van der Waals surface area contributed by atoms with Gasteiger partial charge in [0.2, 0.25) is 0 Å². The highest BCUT2D eigenvalue weighted by atomic mass is 16.5. The lowest BCUT2D eigenvalue weighted by Crippen LogP contribution is -2.17. The monoisotopic (exact) mass is 370 g/mol. The van der Waals surface area contributed by atoms with E-state index >= 15 is 0 Å². The predicted molar refractivity (Wildman–Crippen MR) is 112 cm³/mol. The second kappa shape index (κ2) is 13.5. The second-order valence-electron chi connectivity index (χ2n) is 5.41. The Morgan fingerprint density at radius 1 is 1.22 bits per heavy atom. The SMILES string of the molecule is CC.CCNCCCNc1cncc(-c2cccc(/C=C/C(=O)OC)c2)n1. The molecule has 2 aromatic rings. The van der Waals surface area contributed by atoms with Gasteiger partial charge in [0.15, 0.2) is 0 Å². The molecule has 0 saturated carbocycles. The molecule has 0 saturated heterocycles. The molecular formula is C21H30N4O2. The summed E-state index contributed by atoms with van der Waals surface area (Å²) in [7, 11) is 1.36. The van der Waals surface area contributed by atoms with E-state index in [0.29, 0.717) is 0 Å². The van der Waals surface area contributed by atoms with E-state index in [1.54, 1.807) is 18.5 Å². The van der Waals surface area contributed by atoms with Gasteiger partial charge >= 0.3 is 5.97 Å².